The van der Waals surface area contributed by atoms with Crippen LogP contribution in [0.5, 0.6) is 0 Å². The second-order valence-corrected chi connectivity index (χ2v) is 10.1. The van der Waals surface area contributed by atoms with Crippen molar-refractivity contribution in [2.24, 2.45) is 0 Å². The molecule has 0 heterocycles. The predicted octanol–water partition coefficient (Wildman–Crippen LogP) is 2.88. The molecule has 0 aliphatic rings. The van der Waals surface area contributed by atoms with Crippen molar-refractivity contribution in [2.45, 2.75) is 33.4 Å². The lowest BCUT2D eigenvalue weighted by atomic mass is 10.1. The molecule has 0 unspecified atom stereocenters. The number of aryl methyl sites for hydroxylation is 1. The van der Waals surface area contributed by atoms with E-state index in [1.165, 1.54) is 24.0 Å². The van der Waals surface area contributed by atoms with Gasteiger partial charge in [-0.1, -0.05) is 29.8 Å². The average Bonchev–Trinajstić information content (AvgIpc) is 2.75. The van der Waals surface area contributed by atoms with E-state index in [1.807, 2.05) is 0 Å². The third kappa shape index (κ3) is 6.91. The highest BCUT2D eigenvalue weighted by molar-refractivity contribution is 7.92. The van der Waals surface area contributed by atoms with Gasteiger partial charge in [0.2, 0.25) is 21.8 Å². The van der Waals surface area contributed by atoms with Crippen molar-refractivity contribution in [3.05, 3.63) is 68.7 Å². The molecule has 0 radical (unpaired) electrons. The number of nitro groups is 1. The zero-order valence-corrected chi connectivity index (χ0v) is 20.9. The first-order valence-corrected chi connectivity index (χ1v) is 12.6. The number of amides is 2. The zero-order chi connectivity index (χ0) is 25.6. The Morgan fingerprint density at radius 1 is 1.21 bits per heavy atom. The summed E-state index contributed by atoms with van der Waals surface area (Å²) >= 11 is 6.06. The van der Waals surface area contributed by atoms with E-state index in [4.69, 9.17) is 11.6 Å². The number of nitro benzene ring substituents is 1. The molecule has 12 heteroatoms. The normalized spacial score (nSPS) is 12.0. The van der Waals surface area contributed by atoms with Crippen LogP contribution >= 0.6 is 11.6 Å². The molecule has 0 aliphatic carbocycles. The van der Waals surface area contributed by atoms with E-state index in [2.05, 4.69) is 5.32 Å². The molecule has 0 bridgehead atoms. The number of sulfonamides is 1. The molecule has 2 aromatic rings. The number of carbonyl (C=O) groups is 2. The van der Waals surface area contributed by atoms with Gasteiger partial charge in [-0.2, -0.15) is 0 Å². The van der Waals surface area contributed by atoms with E-state index >= 15 is 0 Å². The van der Waals surface area contributed by atoms with E-state index in [-0.39, 0.29) is 17.9 Å². The summed E-state index contributed by atoms with van der Waals surface area (Å²) in [7, 11) is -4.01. The van der Waals surface area contributed by atoms with Crippen LogP contribution in [0.15, 0.2) is 42.5 Å². The third-order valence-corrected chi connectivity index (χ3v) is 6.47. The van der Waals surface area contributed by atoms with E-state index < -0.39 is 39.3 Å². The second-order valence-electron chi connectivity index (χ2n) is 7.72. The Labute approximate surface area is 203 Å². The van der Waals surface area contributed by atoms with Gasteiger partial charge in [0.25, 0.3) is 5.69 Å². The van der Waals surface area contributed by atoms with Gasteiger partial charge in [-0.3, -0.25) is 24.0 Å². The maximum absolute atomic E-state index is 13.4. The van der Waals surface area contributed by atoms with Gasteiger partial charge < -0.3 is 10.2 Å². The summed E-state index contributed by atoms with van der Waals surface area (Å²) in [6.45, 7) is 4.57. The van der Waals surface area contributed by atoms with Gasteiger partial charge in [0.05, 0.1) is 16.9 Å². The first kappa shape index (κ1) is 27.1. The fraction of sp³-hybridized carbons (Fsp3) is 0.364. The van der Waals surface area contributed by atoms with Crippen LogP contribution in [0.1, 0.15) is 25.0 Å². The average molecular weight is 511 g/mol. The molecular weight excluding hydrogens is 484 g/mol. The molecule has 1 atom stereocenters. The fourth-order valence-electron chi connectivity index (χ4n) is 3.31. The number of rotatable bonds is 10. The monoisotopic (exact) mass is 510 g/mol. The minimum atomic E-state index is -4.01. The Balaban J connectivity index is 2.48. The van der Waals surface area contributed by atoms with Gasteiger partial charge in [-0.25, -0.2) is 8.42 Å². The summed E-state index contributed by atoms with van der Waals surface area (Å²) in [5.74, 6) is -1.06. The number of carbonyl (C=O) groups excluding carboxylic acids is 2. The molecule has 0 saturated heterocycles. The molecule has 34 heavy (non-hydrogen) atoms. The van der Waals surface area contributed by atoms with Crippen LogP contribution in [0.4, 0.5) is 11.4 Å². The Hall–Kier alpha value is -3.18. The van der Waals surface area contributed by atoms with Crippen LogP contribution in [-0.2, 0) is 26.2 Å². The summed E-state index contributed by atoms with van der Waals surface area (Å²) in [6.07, 6.45) is 0.910. The molecule has 10 nitrogen and oxygen atoms in total. The van der Waals surface area contributed by atoms with Crippen molar-refractivity contribution >= 4 is 44.8 Å². The number of benzene rings is 2. The topological polar surface area (TPSA) is 130 Å². The number of hydrogen-bond donors (Lipinski definition) is 1. The maximum Gasteiger partial charge on any atom is 0.271 e. The molecule has 2 amide bonds. The lowest BCUT2D eigenvalue weighted by Crippen LogP contribution is -2.51. The highest BCUT2D eigenvalue weighted by Crippen LogP contribution is 2.28. The van der Waals surface area contributed by atoms with Gasteiger partial charge in [0, 0.05) is 30.2 Å². The Morgan fingerprint density at radius 2 is 1.88 bits per heavy atom. The molecule has 0 aliphatic heterocycles. The van der Waals surface area contributed by atoms with Gasteiger partial charge >= 0.3 is 0 Å². The number of anilines is 1. The van der Waals surface area contributed by atoms with Gasteiger partial charge in [-0.05, 0) is 44.0 Å². The number of hydrogen-bond acceptors (Lipinski definition) is 6. The SMILES string of the molecule is CCNC(=O)[C@@H](C)N(Cc1cccc(Cl)c1)C(=O)CN(c1cc([N+](=O)[O-])ccc1C)S(C)(=O)=O. The number of nitrogens with one attached hydrogen (secondary N) is 1. The second kappa shape index (κ2) is 11.3. The van der Waals surface area contributed by atoms with Crippen LogP contribution in [0.3, 0.4) is 0 Å². The minimum Gasteiger partial charge on any atom is -0.355 e. The largest absolute Gasteiger partial charge is 0.355 e. The van der Waals surface area contributed by atoms with Crippen LogP contribution in [0, 0.1) is 17.0 Å². The van der Waals surface area contributed by atoms with Crippen molar-refractivity contribution < 1.29 is 22.9 Å². The number of halogens is 1. The Morgan fingerprint density at radius 3 is 2.44 bits per heavy atom. The van der Waals surface area contributed by atoms with E-state index in [0.717, 1.165) is 16.6 Å². The number of nitrogens with zero attached hydrogens (tertiary/aromatic N) is 3. The molecule has 2 aromatic carbocycles. The third-order valence-electron chi connectivity index (χ3n) is 5.11. The van der Waals surface area contributed by atoms with Crippen molar-refractivity contribution in [1.29, 1.82) is 0 Å². The Bertz CT molecular complexity index is 1190. The lowest BCUT2D eigenvalue weighted by molar-refractivity contribution is -0.384. The van der Waals surface area contributed by atoms with Crippen molar-refractivity contribution in [3.63, 3.8) is 0 Å². The summed E-state index contributed by atoms with van der Waals surface area (Å²) in [5.41, 5.74) is 0.781. The van der Waals surface area contributed by atoms with Gasteiger partial charge in [0.15, 0.2) is 0 Å². The number of non-ortho nitro benzene ring substituents is 1. The summed E-state index contributed by atoms with van der Waals surface area (Å²) in [4.78, 5) is 37.8. The molecule has 184 valence electrons. The Kier molecular flexibility index (Phi) is 9.00. The van der Waals surface area contributed by atoms with Gasteiger partial charge in [-0.15, -0.1) is 0 Å². The van der Waals surface area contributed by atoms with Crippen LogP contribution in [-0.4, -0.2) is 55.4 Å². The highest BCUT2D eigenvalue weighted by Gasteiger charge is 2.31. The van der Waals surface area contributed by atoms with Crippen molar-refractivity contribution in [2.75, 3.05) is 23.7 Å². The minimum absolute atomic E-state index is 0.00319. The molecule has 0 saturated carbocycles. The van der Waals surface area contributed by atoms with Crippen LogP contribution in [0.25, 0.3) is 0 Å². The number of likely N-dealkylation sites (N-methyl/N-ethyl adjacent to an activating group) is 1. The summed E-state index contributed by atoms with van der Waals surface area (Å²) in [5, 5.41) is 14.3. The smallest absolute Gasteiger partial charge is 0.271 e. The van der Waals surface area contributed by atoms with Crippen molar-refractivity contribution in [1.82, 2.24) is 10.2 Å². The maximum atomic E-state index is 13.4. The fourth-order valence-corrected chi connectivity index (χ4v) is 4.42. The quantitative estimate of drug-likeness (QED) is 0.386. The lowest BCUT2D eigenvalue weighted by Gasteiger charge is -2.31. The standard InChI is InChI=1S/C22H27ClN4O6S/c1-5-24-22(29)16(3)25(13-17-7-6-8-18(23)11-17)21(28)14-26(34(4,32)33)20-12-19(27(30)31)10-9-15(20)2/h6-12,16H,5,13-14H2,1-4H3,(H,24,29)/t16-/m1/s1. The summed E-state index contributed by atoms with van der Waals surface area (Å²) in [6, 6.07) is 9.60. The first-order valence-electron chi connectivity index (χ1n) is 10.4. The van der Waals surface area contributed by atoms with E-state index in [1.54, 1.807) is 38.1 Å². The predicted molar refractivity (Wildman–Crippen MR) is 130 cm³/mol. The van der Waals surface area contributed by atoms with E-state index in [9.17, 15) is 28.1 Å². The molecule has 0 spiro atoms. The van der Waals surface area contributed by atoms with Crippen LogP contribution in [0.2, 0.25) is 5.02 Å². The molecule has 0 aromatic heterocycles. The molecule has 0 fully saturated rings. The first-order chi connectivity index (χ1) is 15.8. The van der Waals surface area contributed by atoms with E-state index in [0.29, 0.717) is 22.7 Å². The summed E-state index contributed by atoms with van der Waals surface area (Å²) < 4.78 is 26.1. The van der Waals surface area contributed by atoms with Crippen LogP contribution < -0.4 is 9.62 Å². The molecule has 2 rings (SSSR count). The molecule has 1 N–H and O–H groups in total. The molecular formula is C22H27ClN4O6S. The zero-order valence-electron chi connectivity index (χ0n) is 19.3. The highest BCUT2D eigenvalue weighted by atomic mass is 35.5. The van der Waals surface area contributed by atoms with Crippen molar-refractivity contribution in [3.8, 4) is 0 Å². The van der Waals surface area contributed by atoms with Gasteiger partial charge in [0.1, 0.15) is 12.6 Å².